The zero-order valence-corrected chi connectivity index (χ0v) is 8.34. The summed E-state index contributed by atoms with van der Waals surface area (Å²) in [6.07, 6.45) is 7.57. The van der Waals surface area contributed by atoms with E-state index in [1.807, 2.05) is 0 Å². The van der Waals surface area contributed by atoms with Crippen LogP contribution in [0.5, 0.6) is 0 Å². The van der Waals surface area contributed by atoms with E-state index in [0.717, 1.165) is 18.9 Å². The SMILES string of the molecule is NCC/C=C1/CCN2CCCC1C2. The fraction of sp³-hybridized carbons (Fsp3) is 0.818. The van der Waals surface area contributed by atoms with Gasteiger partial charge in [0.2, 0.25) is 0 Å². The molecule has 2 aliphatic rings. The van der Waals surface area contributed by atoms with Gasteiger partial charge in [-0.05, 0) is 44.7 Å². The lowest BCUT2D eigenvalue weighted by Gasteiger charge is -2.39. The van der Waals surface area contributed by atoms with E-state index in [0.29, 0.717) is 0 Å². The predicted molar refractivity (Wildman–Crippen MR) is 55.5 cm³/mol. The first kappa shape index (κ1) is 9.22. The minimum Gasteiger partial charge on any atom is -0.330 e. The van der Waals surface area contributed by atoms with Crippen molar-refractivity contribution in [3.8, 4) is 0 Å². The average Bonchev–Trinajstić information content (AvgIpc) is 2.18. The van der Waals surface area contributed by atoms with E-state index in [2.05, 4.69) is 11.0 Å². The van der Waals surface area contributed by atoms with Gasteiger partial charge in [-0.15, -0.1) is 0 Å². The van der Waals surface area contributed by atoms with Crippen molar-refractivity contribution in [2.75, 3.05) is 26.2 Å². The van der Waals surface area contributed by atoms with Gasteiger partial charge in [0.15, 0.2) is 0 Å². The fourth-order valence-corrected chi connectivity index (χ4v) is 2.59. The number of nitrogens with two attached hydrogens (primary N) is 1. The Morgan fingerprint density at radius 1 is 1.46 bits per heavy atom. The Bertz CT molecular complexity index is 198. The number of hydrogen-bond acceptors (Lipinski definition) is 2. The fourth-order valence-electron chi connectivity index (χ4n) is 2.59. The third-order valence-corrected chi connectivity index (χ3v) is 3.32. The van der Waals surface area contributed by atoms with Crippen LogP contribution in [0.1, 0.15) is 25.7 Å². The van der Waals surface area contributed by atoms with Crippen LogP contribution in [-0.4, -0.2) is 31.1 Å². The Morgan fingerprint density at radius 2 is 2.38 bits per heavy atom. The molecule has 0 aromatic carbocycles. The molecule has 2 unspecified atom stereocenters. The molecule has 2 rings (SSSR count). The Kier molecular flexibility index (Phi) is 3.01. The van der Waals surface area contributed by atoms with Crippen LogP contribution >= 0.6 is 0 Å². The van der Waals surface area contributed by atoms with Crippen molar-refractivity contribution in [1.82, 2.24) is 4.90 Å². The highest BCUT2D eigenvalue weighted by Gasteiger charge is 2.26. The smallest absolute Gasteiger partial charge is 0.00471 e. The van der Waals surface area contributed by atoms with Gasteiger partial charge in [-0.25, -0.2) is 0 Å². The molecule has 2 heterocycles. The first-order valence-electron chi connectivity index (χ1n) is 5.51. The van der Waals surface area contributed by atoms with Crippen molar-refractivity contribution in [2.24, 2.45) is 11.7 Å². The van der Waals surface area contributed by atoms with E-state index in [4.69, 9.17) is 5.73 Å². The Labute approximate surface area is 80.8 Å². The molecule has 0 saturated carbocycles. The van der Waals surface area contributed by atoms with E-state index in [1.54, 1.807) is 5.57 Å². The molecule has 2 atom stereocenters. The first-order chi connectivity index (χ1) is 6.40. The first-order valence-corrected chi connectivity index (χ1v) is 5.51. The molecule has 2 fully saturated rings. The van der Waals surface area contributed by atoms with Gasteiger partial charge in [0.1, 0.15) is 0 Å². The van der Waals surface area contributed by atoms with Crippen LogP contribution < -0.4 is 5.73 Å². The zero-order valence-electron chi connectivity index (χ0n) is 8.34. The lowest BCUT2D eigenvalue weighted by Crippen LogP contribution is -2.41. The summed E-state index contributed by atoms with van der Waals surface area (Å²) in [6.45, 7) is 4.74. The molecule has 0 amide bonds. The largest absolute Gasteiger partial charge is 0.330 e. The third kappa shape index (κ3) is 2.12. The minimum atomic E-state index is 0.805. The molecule has 2 bridgehead atoms. The highest BCUT2D eigenvalue weighted by Crippen LogP contribution is 2.30. The second kappa shape index (κ2) is 4.25. The van der Waals surface area contributed by atoms with E-state index in [-0.39, 0.29) is 0 Å². The summed E-state index contributed by atoms with van der Waals surface area (Å²) in [5, 5.41) is 0. The lowest BCUT2D eigenvalue weighted by molar-refractivity contribution is 0.162. The summed E-state index contributed by atoms with van der Waals surface area (Å²) in [5.41, 5.74) is 7.21. The number of rotatable bonds is 2. The van der Waals surface area contributed by atoms with Crippen LogP contribution in [0.2, 0.25) is 0 Å². The molecule has 0 aromatic rings. The minimum absolute atomic E-state index is 0.805. The molecule has 2 saturated heterocycles. The number of hydrogen-bond donors (Lipinski definition) is 1. The molecule has 13 heavy (non-hydrogen) atoms. The molecule has 2 heteroatoms. The van der Waals surface area contributed by atoms with Gasteiger partial charge < -0.3 is 10.6 Å². The van der Waals surface area contributed by atoms with Gasteiger partial charge >= 0.3 is 0 Å². The van der Waals surface area contributed by atoms with E-state index in [1.165, 1.54) is 38.9 Å². The van der Waals surface area contributed by atoms with Gasteiger partial charge in [0.05, 0.1) is 0 Å². The van der Waals surface area contributed by atoms with E-state index >= 15 is 0 Å². The number of nitrogens with zero attached hydrogens (tertiary/aromatic N) is 1. The summed E-state index contributed by atoms with van der Waals surface area (Å²) in [7, 11) is 0. The van der Waals surface area contributed by atoms with Crippen molar-refractivity contribution in [1.29, 1.82) is 0 Å². The summed E-state index contributed by atoms with van der Waals surface area (Å²) in [6, 6.07) is 0. The Hall–Kier alpha value is -0.340. The van der Waals surface area contributed by atoms with Crippen LogP contribution in [0.15, 0.2) is 11.6 Å². The normalized spacial score (nSPS) is 36.5. The van der Waals surface area contributed by atoms with Gasteiger partial charge in [-0.1, -0.05) is 11.6 Å². The second-order valence-electron chi connectivity index (χ2n) is 4.25. The molecule has 0 aromatic heterocycles. The predicted octanol–water partition coefficient (Wildman–Crippen LogP) is 1.38. The van der Waals surface area contributed by atoms with E-state index in [9.17, 15) is 0 Å². The maximum Gasteiger partial charge on any atom is 0.00471 e. The second-order valence-corrected chi connectivity index (χ2v) is 4.25. The summed E-state index contributed by atoms with van der Waals surface area (Å²) in [4.78, 5) is 2.61. The monoisotopic (exact) mass is 180 g/mol. The van der Waals surface area contributed by atoms with E-state index < -0.39 is 0 Å². The van der Waals surface area contributed by atoms with Crippen LogP contribution in [0.4, 0.5) is 0 Å². The quantitative estimate of drug-likeness (QED) is 0.650. The average molecular weight is 180 g/mol. The zero-order chi connectivity index (χ0) is 9.10. The van der Waals surface area contributed by atoms with Crippen LogP contribution in [0.25, 0.3) is 0 Å². The molecule has 0 aliphatic carbocycles. The maximum atomic E-state index is 5.52. The van der Waals surface area contributed by atoms with Gasteiger partial charge in [-0.3, -0.25) is 0 Å². The molecular weight excluding hydrogens is 160 g/mol. The lowest BCUT2D eigenvalue weighted by atomic mass is 9.84. The number of fused-ring (bicyclic) bond motifs is 2. The van der Waals surface area contributed by atoms with Gasteiger partial charge in [0, 0.05) is 13.1 Å². The van der Waals surface area contributed by atoms with Gasteiger partial charge in [0.25, 0.3) is 0 Å². The van der Waals surface area contributed by atoms with Crippen LogP contribution in [-0.2, 0) is 0 Å². The summed E-state index contributed by atoms with van der Waals surface area (Å²) < 4.78 is 0. The summed E-state index contributed by atoms with van der Waals surface area (Å²) >= 11 is 0. The molecule has 74 valence electrons. The topological polar surface area (TPSA) is 29.3 Å². The Morgan fingerprint density at radius 3 is 3.23 bits per heavy atom. The van der Waals surface area contributed by atoms with Gasteiger partial charge in [-0.2, -0.15) is 0 Å². The number of piperidine rings is 2. The molecular formula is C11H20N2. The van der Waals surface area contributed by atoms with Crippen LogP contribution in [0.3, 0.4) is 0 Å². The van der Waals surface area contributed by atoms with Crippen molar-refractivity contribution in [3.63, 3.8) is 0 Å². The van der Waals surface area contributed by atoms with Crippen LogP contribution in [0, 0.1) is 5.92 Å². The Balaban J connectivity index is 1.97. The van der Waals surface area contributed by atoms with Crippen molar-refractivity contribution in [3.05, 3.63) is 11.6 Å². The molecule has 2 N–H and O–H groups in total. The summed E-state index contributed by atoms with van der Waals surface area (Å²) in [5.74, 6) is 0.869. The molecule has 0 spiro atoms. The molecule has 2 nitrogen and oxygen atoms in total. The molecule has 2 aliphatic heterocycles. The van der Waals surface area contributed by atoms with Crippen molar-refractivity contribution < 1.29 is 0 Å². The van der Waals surface area contributed by atoms with Crippen molar-refractivity contribution >= 4 is 0 Å². The highest BCUT2D eigenvalue weighted by molar-refractivity contribution is 5.12. The van der Waals surface area contributed by atoms with Crippen molar-refractivity contribution in [2.45, 2.75) is 25.7 Å². The third-order valence-electron chi connectivity index (χ3n) is 3.32. The maximum absolute atomic E-state index is 5.52. The molecule has 0 radical (unpaired) electrons. The standard InChI is InChI=1S/C11H20N2/c12-6-1-3-10-5-8-13-7-2-4-11(10)9-13/h3,11H,1-2,4-9,12H2/b10-3-. The highest BCUT2D eigenvalue weighted by atomic mass is 15.1.